The maximum Gasteiger partial charge on any atom is 0.0686 e. The zero-order chi connectivity index (χ0) is 16.8. The number of hydrogen-bond donors (Lipinski definition) is 2. The molecule has 1 atom stereocenters. The van der Waals surface area contributed by atoms with E-state index in [0.29, 0.717) is 10.7 Å². The number of nitrogens with one attached hydrogen (secondary N) is 1. The minimum absolute atomic E-state index is 0.0194. The van der Waals surface area contributed by atoms with Gasteiger partial charge in [-0.1, -0.05) is 84.4 Å². The van der Waals surface area contributed by atoms with Gasteiger partial charge in [-0.3, -0.25) is 0 Å². The molecule has 2 nitrogen and oxygen atoms in total. The van der Waals surface area contributed by atoms with Crippen LogP contribution in [0.5, 0.6) is 0 Å². The monoisotopic (exact) mass is 336 g/mol. The molecule has 122 valence electrons. The van der Waals surface area contributed by atoms with E-state index >= 15 is 0 Å². The van der Waals surface area contributed by atoms with Crippen LogP contribution in [0.15, 0.2) is 78.9 Å². The highest BCUT2D eigenvalue weighted by molar-refractivity contribution is 6.33. The molecule has 0 aliphatic carbocycles. The SMILES string of the molecule is Nc1cccc([C@@H](NCCc2ccccc2)c2ccccc2)c1Cl. The molecule has 24 heavy (non-hydrogen) atoms. The van der Waals surface area contributed by atoms with E-state index in [1.807, 2.05) is 42.5 Å². The number of rotatable bonds is 6. The summed E-state index contributed by atoms with van der Waals surface area (Å²) in [6, 6.07) is 26.6. The number of hydrogen-bond acceptors (Lipinski definition) is 2. The van der Waals surface area contributed by atoms with Crippen LogP contribution in [0.1, 0.15) is 22.7 Å². The Morgan fingerprint density at radius 1 is 0.833 bits per heavy atom. The largest absolute Gasteiger partial charge is 0.398 e. The van der Waals surface area contributed by atoms with Crippen LogP contribution in [0.3, 0.4) is 0 Å². The van der Waals surface area contributed by atoms with Crippen LogP contribution in [-0.2, 0) is 6.42 Å². The Bertz CT molecular complexity index is 772. The zero-order valence-corrected chi connectivity index (χ0v) is 14.2. The highest BCUT2D eigenvalue weighted by Crippen LogP contribution is 2.32. The lowest BCUT2D eigenvalue weighted by Gasteiger charge is -2.21. The van der Waals surface area contributed by atoms with Gasteiger partial charge in [0.25, 0.3) is 0 Å². The van der Waals surface area contributed by atoms with Gasteiger partial charge in [-0.2, -0.15) is 0 Å². The summed E-state index contributed by atoms with van der Waals surface area (Å²) in [6.45, 7) is 0.856. The third-order valence-corrected chi connectivity index (χ3v) is 4.54. The molecule has 0 aromatic heterocycles. The molecule has 0 radical (unpaired) electrons. The molecule has 0 bridgehead atoms. The van der Waals surface area contributed by atoms with Gasteiger partial charge in [-0.15, -0.1) is 0 Å². The lowest BCUT2D eigenvalue weighted by molar-refractivity contribution is 0.606. The van der Waals surface area contributed by atoms with Crippen molar-refractivity contribution in [1.82, 2.24) is 5.32 Å². The van der Waals surface area contributed by atoms with Crippen molar-refractivity contribution in [2.45, 2.75) is 12.5 Å². The van der Waals surface area contributed by atoms with E-state index in [-0.39, 0.29) is 6.04 Å². The van der Waals surface area contributed by atoms with Gasteiger partial charge in [0.05, 0.1) is 16.8 Å². The van der Waals surface area contributed by atoms with Crippen molar-refractivity contribution in [3.8, 4) is 0 Å². The highest BCUT2D eigenvalue weighted by atomic mass is 35.5. The van der Waals surface area contributed by atoms with Crippen molar-refractivity contribution in [2.75, 3.05) is 12.3 Å². The molecule has 0 aliphatic rings. The Kier molecular flexibility index (Phi) is 5.52. The van der Waals surface area contributed by atoms with Crippen LogP contribution in [-0.4, -0.2) is 6.54 Å². The molecular formula is C21H21ClN2. The molecule has 3 aromatic rings. The van der Waals surface area contributed by atoms with E-state index in [0.717, 1.165) is 18.5 Å². The van der Waals surface area contributed by atoms with Crippen molar-refractivity contribution in [1.29, 1.82) is 0 Å². The summed E-state index contributed by atoms with van der Waals surface area (Å²) >= 11 is 6.47. The molecule has 3 N–H and O–H groups in total. The van der Waals surface area contributed by atoms with Crippen LogP contribution >= 0.6 is 11.6 Å². The van der Waals surface area contributed by atoms with Crippen LogP contribution in [0, 0.1) is 0 Å². The van der Waals surface area contributed by atoms with Crippen LogP contribution < -0.4 is 11.1 Å². The van der Waals surface area contributed by atoms with E-state index < -0.39 is 0 Å². The quantitative estimate of drug-likeness (QED) is 0.632. The summed E-state index contributed by atoms with van der Waals surface area (Å²) in [5.74, 6) is 0. The number of halogens is 1. The summed E-state index contributed by atoms with van der Waals surface area (Å²) in [4.78, 5) is 0. The van der Waals surface area contributed by atoms with Gasteiger partial charge in [-0.25, -0.2) is 0 Å². The van der Waals surface area contributed by atoms with E-state index in [9.17, 15) is 0 Å². The average Bonchev–Trinajstić information content (AvgIpc) is 2.63. The number of nitrogen functional groups attached to an aromatic ring is 1. The Morgan fingerprint density at radius 3 is 2.21 bits per heavy atom. The van der Waals surface area contributed by atoms with Crippen molar-refractivity contribution in [3.63, 3.8) is 0 Å². The average molecular weight is 337 g/mol. The Morgan fingerprint density at radius 2 is 1.50 bits per heavy atom. The second-order valence-corrected chi connectivity index (χ2v) is 6.16. The Labute approximate surface area is 148 Å². The molecule has 3 heteroatoms. The molecule has 0 heterocycles. The van der Waals surface area contributed by atoms with Crippen molar-refractivity contribution >= 4 is 17.3 Å². The van der Waals surface area contributed by atoms with Gasteiger partial charge >= 0.3 is 0 Å². The third-order valence-electron chi connectivity index (χ3n) is 4.11. The smallest absolute Gasteiger partial charge is 0.0686 e. The van der Waals surface area contributed by atoms with Crippen LogP contribution in [0.4, 0.5) is 5.69 Å². The predicted octanol–water partition coefficient (Wildman–Crippen LogP) is 4.84. The van der Waals surface area contributed by atoms with Crippen molar-refractivity contribution < 1.29 is 0 Å². The zero-order valence-electron chi connectivity index (χ0n) is 13.5. The van der Waals surface area contributed by atoms with Gasteiger partial charge in [0.2, 0.25) is 0 Å². The first kappa shape index (κ1) is 16.6. The second kappa shape index (κ2) is 8.00. The summed E-state index contributed by atoms with van der Waals surface area (Å²) in [6.07, 6.45) is 0.962. The molecule has 0 saturated carbocycles. The number of nitrogens with two attached hydrogens (primary N) is 1. The number of anilines is 1. The minimum atomic E-state index is 0.0194. The lowest BCUT2D eigenvalue weighted by Crippen LogP contribution is -2.25. The second-order valence-electron chi connectivity index (χ2n) is 5.78. The lowest BCUT2D eigenvalue weighted by atomic mass is 9.97. The molecular weight excluding hydrogens is 316 g/mol. The van der Waals surface area contributed by atoms with Gasteiger partial charge in [0.15, 0.2) is 0 Å². The van der Waals surface area contributed by atoms with Crippen molar-refractivity contribution in [3.05, 3.63) is 101 Å². The Balaban J connectivity index is 1.82. The first-order chi connectivity index (χ1) is 11.8. The molecule has 3 rings (SSSR count). The molecule has 0 unspecified atom stereocenters. The molecule has 0 amide bonds. The Hall–Kier alpha value is -2.29. The van der Waals surface area contributed by atoms with Crippen LogP contribution in [0.25, 0.3) is 0 Å². The fraction of sp³-hybridized carbons (Fsp3) is 0.143. The first-order valence-electron chi connectivity index (χ1n) is 8.12. The van der Waals surface area contributed by atoms with Gasteiger partial charge < -0.3 is 11.1 Å². The van der Waals surface area contributed by atoms with Gasteiger partial charge in [-0.05, 0) is 29.2 Å². The van der Waals surface area contributed by atoms with E-state index in [4.69, 9.17) is 17.3 Å². The summed E-state index contributed by atoms with van der Waals surface area (Å²) in [5.41, 5.74) is 10.1. The summed E-state index contributed by atoms with van der Waals surface area (Å²) < 4.78 is 0. The summed E-state index contributed by atoms with van der Waals surface area (Å²) in [5, 5.41) is 4.25. The fourth-order valence-electron chi connectivity index (χ4n) is 2.85. The van der Waals surface area contributed by atoms with E-state index in [1.165, 1.54) is 11.1 Å². The standard InChI is InChI=1S/C21H21ClN2/c22-20-18(12-7-13-19(20)23)21(17-10-5-2-6-11-17)24-15-14-16-8-3-1-4-9-16/h1-13,21,24H,14-15,23H2/t21-/m0/s1. The third kappa shape index (κ3) is 3.97. The normalized spacial score (nSPS) is 12.0. The maximum absolute atomic E-state index is 6.47. The predicted molar refractivity (Wildman–Crippen MR) is 102 cm³/mol. The minimum Gasteiger partial charge on any atom is -0.398 e. The fourth-order valence-corrected chi connectivity index (χ4v) is 3.08. The topological polar surface area (TPSA) is 38.0 Å². The van der Waals surface area contributed by atoms with Gasteiger partial charge in [0.1, 0.15) is 0 Å². The first-order valence-corrected chi connectivity index (χ1v) is 8.49. The van der Waals surface area contributed by atoms with Crippen LogP contribution in [0.2, 0.25) is 5.02 Å². The molecule has 0 saturated heterocycles. The van der Waals surface area contributed by atoms with Gasteiger partial charge in [0, 0.05) is 6.54 Å². The molecule has 0 aliphatic heterocycles. The number of benzene rings is 3. The summed E-state index contributed by atoms with van der Waals surface area (Å²) in [7, 11) is 0. The molecule has 0 fully saturated rings. The maximum atomic E-state index is 6.47. The van der Waals surface area contributed by atoms with E-state index in [1.54, 1.807) is 0 Å². The molecule has 0 spiro atoms. The molecule has 3 aromatic carbocycles. The highest BCUT2D eigenvalue weighted by Gasteiger charge is 2.17. The van der Waals surface area contributed by atoms with Crippen molar-refractivity contribution in [2.24, 2.45) is 0 Å². The van der Waals surface area contributed by atoms with E-state index in [2.05, 4.69) is 41.7 Å².